The third kappa shape index (κ3) is 2.14. The van der Waals surface area contributed by atoms with Gasteiger partial charge in [0.2, 0.25) is 0 Å². The van der Waals surface area contributed by atoms with E-state index >= 15 is 0 Å². The van der Waals surface area contributed by atoms with Gasteiger partial charge >= 0.3 is 0 Å². The van der Waals surface area contributed by atoms with Crippen molar-refractivity contribution in [1.82, 2.24) is 9.55 Å². The summed E-state index contributed by atoms with van der Waals surface area (Å²) >= 11 is 0. The third-order valence-electron chi connectivity index (χ3n) is 2.66. The lowest BCUT2D eigenvalue weighted by Gasteiger charge is -2.07. The summed E-state index contributed by atoms with van der Waals surface area (Å²) in [6.07, 6.45) is 2.72. The van der Waals surface area contributed by atoms with Crippen LogP contribution < -0.4 is 5.73 Å². The van der Waals surface area contributed by atoms with Crippen molar-refractivity contribution < 1.29 is 0 Å². The Morgan fingerprint density at radius 2 is 2.00 bits per heavy atom. The van der Waals surface area contributed by atoms with Gasteiger partial charge < -0.3 is 10.3 Å². The maximum Gasteiger partial charge on any atom is 0.110 e. The Hall–Kier alpha value is -1.61. The molecule has 0 aliphatic carbocycles. The standard InChI is InChI=1S/C13H17N3/c1-10(14)8-13-15-9-12(16(13)2)11-6-4-3-5-7-11/h3-7,9-10H,8,14H2,1-2H3. The fraction of sp³-hybridized carbons (Fsp3) is 0.308. The highest BCUT2D eigenvalue weighted by Gasteiger charge is 2.09. The lowest BCUT2D eigenvalue weighted by Crippen LogP contribution is -2.20. The van der Waals surface area contributed by atoms with Crippen molar-refractivity contribution in [3.8, 4) is 11.3 Å². The molecule has 1 heterocycles. The highest BCUT2D eigenvalue weighted by molar-refractivity contribution is 5.58. The zero-order valence-electron chi connectivity index (χ0n) is 9.72. The summed E-state index contributed by atoms with van der Waals surface area (Å²) in [5, 5.41) is 0. The van der Waals surface area contributed by atoms with E-state index in [1.54, 1.807) is 0 Å². The van der Waals surface area contributed by atoms with Gasteiger partial charge in [-0.1, -0.05) is 30.3 Å². The molecule has 16 heavy (non-hydrogen) atoms. The molecule has 1 aromatic heterocycles. The average Bonchev–Trinajstić information content (AvgIpc) is 2.61. The minimum absolute atomic E-state index is 0.143. The van der Waals surface area contributed by atoms with E-state index in [4.69, 9.17) is 5.73 Å². The van der Waals surface area contributed by atoms with Gasteiger partial charge in [0.05, 0.1) is 11.9 Å². The van der Waals surface area contributed by atoms with Crippen molar-refractivity contribution in [1.29, 1.82) is 0 Å². The average molecular weight is 215 g/mol. The third-order valence-corrected chi connectivity index (χ3v) is 2.66. The van der Waals surface area contributed by atoms with Crippen LogP contribution in [-0.4, -0.2) is 15.6 Å². The summed E-state index contributed by atoms with van der Waals surface area (Å²) in [7, 11) is 2.03. The molecule has 0 fully saturated rings. The summed E-state index contributed by atoms with van der Waals surface area (Å²) in [6.45, 7) is 2.00. The molecule has 2 N–H and O–H groups in total. The number of hydrogen-bond donors (Lipinski definition) is 1. The molecule has 0 saturated heterocycles. The van der Waals surface area contributed by atoms with Gasteiger partial charge in [0, 0.05) is 19.5 Å². The quantitative estimate of drug-likeness (QED) is 0.850. The molecule has 1 unspecified atom stereocenters. The van der Waals surface area contributed by atoms with Crippen molar-refractivity contribution >= 4 is 0 Å². The van der Waals surface area contributed by atoms with E-state index in [0.29, 0.717) is 0 Å². The smallest absolute Gasteiger partial charge is 0.110 e. The van der Waals surface area contributed by atoms with Gasteiger partial charge in [-0.25, -0.2) is 4.98 Å². The van der Waals surface area contributed by atoms with Gasteiger partial charge in [0.25, 0.3) is 0 Å². The van der Waals surface area contributed by atoms with E-state index in [2.05, 4.69) is 21.7 Å². The van der Waals surface area contributed by atoms with Crippen molar-refractivity contribution in [3.63, 3.8) is 0 Å². The SMILES string of the molecule is CC(N)Cc1ncc(-c2ccccc2)n1C. The summed E-state index contributed by atoms with van der Waals surface area (Å²) in [5.41, 5.74) is 8.11. The summed E-state index contributed by atoms with van der Waals surface area (Å²) in [6, 6.07) is 10.4. The first kappa shape index (κ1) is 10.9. The number of nitrogens with two attached hydrogens (primary N) is 1. The molecular weight excluding hydrogens is 198 g/mol. The summed E-state index contributed by atoms with van der Waals surface area (Å²) in [5.74, 6) is 1.04. The van der Waals surface area contributed by atoms with Gasteiger partial charge in [-0.2, -0.15) is 0 Å². The van der Waals surface area contributed by atoms with Gasteiger partial charge in [-0.05, 0) is 12.5 Å². The molecule has 2 rings (SSSR count). The van der Waals surface area contributed by atoms with Crippen LogP contribution >= 0.6 is 0 Å². The molecule has 0 amide bonds. The molecule has 0 aliphatic rings. The highest BCUT2D eigenvalue weighted by Crippen LogP contribution is 2.19. The minimum Gasteiger partial charge on any atom is -0.331 e. The monoisotopic (exact) mass is 215 g/mol. The van der Waals surface area contributed by atoms with Crippen molar-refractivity contribution in [2.24, 2.45) is 12.8 Å². The fourth-order valence-corrected chi connectivity index (χ4v) is 1.80. The maximum absolute atomic E-state index is 5.79. The van der Waals surface area contributed by atoms with Crippen LogP contribution in [0.25, 0.3) is 11.3 Å². The molecule has 84 valence electrons. The number of nitrogens with zero attached hydrogens (tertiary/aromatic N) is 2. The first-order chi connectivity index (χ1) is 7.68. The van der Waals surface area contributed by atoms with Crippen LogP contribution in [0.15, 0.2) is 36.5 Å². The molecule has 0 aliphatic heterocycles. The van der Waals surface area contributed by atoms with Crippen LogP contribution in [0.2, 0.25) is 0 Å². The van der Waals surface area contributed by atoms with Crippen molar-refractivity contribution in [2.75, 3.05) is 0 Å². The Labute approximate surface area is 95.9 Å². The Morgan fingerprint density at radius 3 is 2.62 bits per heavy atom. The van der Waals surface area contributed by atoms with E-state index in [1.807, 2.05) is 38.4 Å². The maximum atomic E-state index is 5.79. The molecule has 2 aromatic rings. The second-order valence-electron chi connectivity index (χ2n) is 4.17. The Kier molecular flexibility index (Phi) is 3.06. The van der Waals surface area contributed by atoms with Crippen molar-refractivity contribution in [3.05, 3.63) is 42.4 Å². The highest BCUT2D eigenvalue weighted by atomic mass is 15.1. The van der Waals surface area contributed by atoms with Crippen LogP contribution in [0.4, 0.5) is 0 Å². The predicted molar refractivity (Wildman–Crippen MR) is 66.0 cm³/mol. The molecule has 0 bridgehead atoms. The van der Waals surface area contributed by atoms with Crippen LogP contribution in [0.3, 0.4) is 0 Å². The topological polar surface area (TPSA) is 43.8 Å². The molecule has 0 spiro atoms. The fourth-order valence-electron chi connectivity index (χ4n) is 1.80. The van der Waals surface area contributed by atoms with E-state index in [-0.39, 0.29) is 6.04 Å². The second kappa shape index (κ2) is 4.49. The van der Waals surface area contributed by atoms with E-state index < -0.39 is 0 Å². The Balaban J connectivity index is 2.34. The lowest BCUT2D eigenvalue weighted by atomic mass is 10.2. The predicted octanol–water partition coefficient (Wildman–Crippen LogP) is 1.98. The van der Waals surface area contributed by atoms with Gasteiger partial charge in [0.1, 0.15) is 5.82 Å². The molecule has 0 radical (unpaired) electrons. The number of rotatable bonds is 3. The van der Waals surface area contributed by atoms with Crippen LogP contribution in [0.1, 0.15) is 12.7 Å². The number of imidazole rings is 1. The molecular formula is C13H17N3. The molecule has 0 saturated carbocycles. The normalized spacial score (nSPS) is 12.7. The van der Waals surface area contributed by atoms with Gasteiger partial charge in [0.15, 0.2) is 0 Å². The van der Waals surface area contributed by atoms with E-state index in [9.17, 15) is 0 Å². The lowest BCUT2D eigenvalue weighted by molar-refractivity contribution is 0.673. The van der Waals surface area contributed by atoms with Crippen LogP contribution in [0.5, 0.6) is 0 Å². The van der Waals surface area contributed by atoms with Crippen LogP contribution in [0, 0.1) is 0 Å². The molecule has 1 atom stereocenters. The number of aromatic nitrogens is 2. The first-order valence-electron chi connectivity index (χ1n) is 5.50. The summed E-state index contributed by atoms with van der Waals surface area (Å²) < 4.78 is 2.11. The molecule has 1 aromatic carbocycles. The number of benzene rings is 1. The van der Waals surface area contributed by atoms with Gasteiger partial charge in [-0.15, -0.1) is 0 Å². The van der Waals surface area contributed by atoms with Gasteiger partial charge in [-0.3, -0.25) is 0 Å². The molecule has 3 heteroatoms. The number of hydrogen-bond acceptors (Lipinski definition) is 2. The Bertz CT molecular complexity index is 457. The van der Waals surface area contributed by atoms with E-state index in [1.165, 1.54) is 5.56 Å². The van der Waals surface area contributed by atoms with Crippen LogP contribution in [-0.2, 0) is 13.5 Å². The van der Waals surface area contributed by atoms with Crippen molar-refractivity contribution in [2.45, 2.75) is 19.4 Å². The first-order valence-corrected chi connectivity index (χ1v) is 5.50. The summed E-state index contributed by atoms with van der Waals surface area (Å²) in [4.78, 5) is 4.42. The zero-order chi connectivity index (χ0) is 11.5. The Morgan fingerprint density at radius 1 is 1.31 bits per heavy atom. The molecule has 3 nitrogen and oxygen atoms in total. The zero-order valence-corrected chi connectivity index (χ0v) is 9.72. The minimum atomic E-state index is 0.143. The largest absolute Gasteiger partial charge is 0.331 e. The van der Waals surface area contributed by atoms with E-state index in [0.717, 1.165) is 17.9 Å². The second-order valence-corrected chi connectivity index (χ2v) is 4.17.